The van der Waals surface area contributed by atoms with E-state index in [-0.39, 0.29) is 0 Å². The number of methoxy groups -OCH3 is 1. The number of hydrogen-bond donors (Lipinski definition) is 0. The summed E-state index contributed by atoms with van der Waals surface area (Å²) in [6.07, 6.45) is 2.71. The van der Waals surface area contributed by atoms with E-state index in [0.717, 1.165) is 29.3 Å². The molecule has 0 aliphatic rings. The Hall–Kier alpha value is -1.97. The molecule has 0 unspecified atom stereocenters. The van der Waals surface area contributed by atoms with Gasteiger partial charge >= 0.3 is 0 Å². The van der Waals surface area contributed by atoms with E-state index in [1.165, 1.54) is 5.56 Å². The summed E-state index contributed by atoms with van der Waals surface area (Å²) in [5, 5.41) is 1.40. The first kappa shape index (κ1) is 16.9. The fourth-order valence-electron chi connectivity index (χ4n) is 2.66. The van der Waals surface area contributed by atoms with E-state index in [0.29, 0.717) is 16.6 Å². The molecule has 3 aromatic rings. The van der Waals surface area contributed by atoms with Crippen molar-refractivity contribution < 1.29 is 4.74 Å². The lowest BCUT2D eigenvalue weighted by Crippen LogP contribution is -2.07. The Labute approximate surface area is 151 Å². The molecular weight excluding hydrogens is 343 g/mol. The van der Waals surface area contributed by atoms with E-state index < -0.39 is 0 Å². The van der Waals surface area contributed by atoms with Gasteiger partial charge in [0.25, 0.3) is 0 Å². The minimum absolute atomic E-state index is 0.650. The Morgan fingerprint density at radius 2 is 1.83 bits per heavy atom. The van der Waals surface area contributed by atoms with Gasteiger partial charge in [0, 0.05) is 28.4 Å². The molecule has 1 heterocycles. The zero-order chi connectivity index (χ0) is 17.1. The van der Waals surface area contributed by atoms with Crippen molar-refractivity contribution in [3.63, 3.8) is 0 Å². The normalized spacial score (nSPS) is 10.8. The largest absolute Gasteiger partial charge is 0.497 e. The standard InChI is InChI=1S/C19H18Cl2N2O/c1-13-22-11-17(9-14-3-6-18(24-2)7-4-14)23(13)12-15-10-16(20)5-8-19(15)21/h3-8,10-11H,9,12H2,1-2H3. The Bertz CT molecular complexity index is 841. The van der Waals surface area contributed by atoms with Crippen molar-refractivity contribution in [2.24, 2.45) is 0 Å². The first-order valence-electron chi connectivity index (χ1n) is 7.64. The van der Waals surface area contributed by atoms with Gasteiger partial charge < -0.3 is 9.30 Å². The summed E-state index contributed by atoms with van der Waals surface area (Å²) >= 11 is 12.4. The molecule has 0 aliphatic heterocycles. The highest BCUT2D eigenvalue weighted by Crippen LogP contribution is 2.23. The lowest BCUT2D eigenvalue weighted by Gasteiger charge is -2.12. The molecule has 0 radical (unpaired) electrons. The molecule has 0 saturated carbocycles. The van der Waals surface area contributed by atoms with E-state index in [9.17, 15) is 0 Å². The van der Waals surface area contributed by atoms with E-state index in [4.69, 9.17) is 27.9 Å². The highest BCUT2D eigenvalue weighted by Gasteiger charge is 2.10. The third-order valence-corrected chi connectivity index (χ3v) is 4.62. The predicted octanol–water partition coefficient (Wildman–Crippen LogP) is 5.15. The number of halogens is 2. The summed E-state index contributed by atoms with van der Waals surface area (Å²) in [7, 11) is 1.67. The molecule has 0 atom stereocenters. The fourth-order valence-corrected chi connectivity index (χ4v) is 3.03. The van der Waals surface area contributed by atoms with Crippen LogP contribution in [-0.4, -0.2) is 16.7 Å². The maximum absolute atomic E-state index is 6.31. The average molecular weight is 361 g/mol. The molecule has 24 heavy (non-hydrogen) atoms. The van der Waals surface area contributed by atoms with Gasteiger partial charge in [-0.05, 0) is 48.4 Å². The predicted molar refractivity (Wildman–Crippen MR) is 98.3 cm³/mol. The summed E-state index contributed by atoms with van der Waals surface area (Å²) in [5.74, 6) is 1.81. The molecule has 124 valence electrons. The van der Waals surface area contributed by atoms with Gasteiger partial charge in [-0.15, -0.1) is 0 Å². The third-order valence-electron chi connectivity index (χ3n) is 4.02. The molecule has 0 amide bonds. The maximum atomic E-state index is 6.31. The van der Waals surface area contributed by atoms with Crippen LogP contribution >= 0.6 is 23.2 Å². The average Bonchev–Trinajstić information content (AvgIpc) is 2.92. The lowest BCUT2D eigenvalue weighted by atomic mass is 10.1. The Morgan fingerprint density at radius 1 is 1.08 bits per heavy atom. The quantitative estimate of drug-likeness (QED) is 0.629. The first-order chi connectivity index (χ1) is 11.6. The smallest absolute Gasteiger partial charge is 0.118 e. The van der Waals surface area contributed by atoms with Gasteiger partial charge in [-0.3, -0.25) is 0 Å². The minimum Gasteiger partial charge on any atom is -0.497 e. The Morgan fingerprint density at radius 3 is 2.54 bits per heavy atom. The Kier molecular flexibility index (Phi) is 5.12. The number of rotatable bonds is 5. The van der Waals surface area contributed by atoms with Crippen LogP contribution in [0.25, 0.3) is 0 Å². The molecule has 5 heteroatoms. The van der Waals surface area contributed by atoms with Crippen molar-refractivity contribution in [3.8, 4) is 5.75 Å². The van der Waals surface area contributed by atoms with Crippen molar-refractivity contribution in [1.29, 1.82) is 0 Å². The van der Waals surface area contributed by atoms with Crippen molar-refractivity contribution in [1.82, 2.24) is 9.55 Å². The molecule has 3 rings (SSSR count). The SMILES string of the molecule is COc1ccc(Cc2cnc(C)n2Cc2cc(Cl)ccc2Cl)cc1. The van der Waals surface area contributed by atoms with Gasteiger partial charge in [-0.1, -0.05) is 35.3 Å². The second kappa shape index (κ2) is 7.29. The molecule has 0 N–H and O–H groups in total. The summed E-state index contributed by atoms with van der Waals surface area (Å²) in [5.41, 5.74) is 3.32. The number of imidazole rings is 1. The van der Waals surface area contributed by atoms with Crippen LogP contribution in [0.2, 0.25) is 10.0 Å². The zero-order valence-electron chi connectivity index (χ0n) is 13.6. The van der Waals surface area contributed by atoms with Crippen LogP contribution in [0, 0.1) is 6.92 Å². The van der Waals surface area contributed by atoms with Crippen LogP contribution in [0.1, 0.15) is 22.6 Å². The highest BCUT2D eigenvalue weighted by atomic mass is 35.5. The van der Waals surface area contributed by atoms with Crippen LogP contribution in [0.15, 0.2) is 48.7 Å². The van der Waals surface area contributed by atoms with Gasteiger partial charge in [0.05, 0.1) is 13.7 Å². The molecular formula is C19H18Cl2N2O. The number of aryl methyl sites for hydroxylation is 1. The second-order valence-electron chi connectivity index (χ2n) is 5.64. The first-order valence-corrected chi connectivity index (χ1v) is 8.40. The molecule has 1 aromatic heterocycles. The van der Waals surface area contributed by atoms with Crippen molar-refractivity contribution >= 4 is 23.2 Å². The van der Waals surface area contributed by atoms with Crippen LogP contribution < -0.4 is 4.74 Å². The van der Waals surface area contributed by atoms with E-state index in [1.807, 2.05) is 37.4 Å². The summed E-state index contributed by atoms with van der Waals surface area (Å²) < 4.78 is 7.37. The summed E-state index contributed by atoms with van der Waals surface area (Å²) in [6, 6.07) is 13.6. The second-order valence-corrected chi connectivity index (χ2v) is 6.49. The highest BCUT2D eigenvalue weighted by molar-refractivity contribution is 6.33. The number of ether oxygens (including phenoxy) is 1. The number of aromatic nitrogens is 2. The lowest BCUT2D eigenvalue weighted by molar-refractivity contribution is 0.414. The minimum atomic E-state index is 0.650. The topological polar surface area (TPSA) is 27.1 Å². The maximum Gasteiger partial charge on any atom is 0.118 e. The van der Waals surface area contributed by atoms with Crippen LogP contribution in [0.5, 0.6) is 5.75 Å². The molecule has 0 saturated heterocycles. The van der Waals surface area contributed by atoms with Gasteiger partial charge in [-0.2, -0.15) is 0 Å². The van der Waals surface area contributed by atoms with Gasteiger partial charge in [0.1, 0.15) is 11.6 Å². The molecule has 0 bridgehead atoms. The van der Waals surface area contributed by atoms with Crippen molar-refractivity contribution in [2.45, 2.75) is 19.9 Å². The van der Waals surface area contributed by atoms with Gasteiger partial charge in [0.2, 0.25) is 0 Å². The molecule has 0 aliphatic carbocycles. The number of nitrogens with zero attached hydrogens (tertiary/aromatic N) is 2. The molecule has 0 spiro atoms. The number of benzene rings is 2. The van der Waals surface area contributed by atoms with E-state index >= 15 is 0 Å². The summed E-state index contributed by atoms with van der Waals surface area (Å²) in [6.45, 7) is 2.65. The van der Waals surface area contributed by atoms with Crippen molar-refractivity contribution in [3.05, 3.63) is 81.4 Å². The molecule has 2 aromatic carbocycles. The number of hydrogen-bond acceptors (Lipinski definition) is 2. The molecule has 3 nitrogen and oxygen atoms in total. The van der Waals surface area contributed by atoms with Crippen LogP contribution in [0.4, 0.5) is 0 Å². The van der Waals surface area contributed by atoms with Crippen LogP contribution in [-0.2, 0) is 13.0 Å². The molecule has 0 fully saturated rings. The van der Waals surface area contributed by atoms with Gasteiger partial charge in [0.15, 0.2) is 0 Å². The fraction of sp³-hybridized carbons (Fsp3) is 0.211. The van der Waals surface area contributed by atoms with Gasteiger partial charge in [-0.25, -0.2) is 4.98 Å². The monoisotopic (exact) mass is 360 g/mol. The van der Waals surface area contributed by atoms with E-state index in [1.54, 1.807) is 13.2 Å². The van der Waals surface area contributed by atoms with E-state index in [2.05, 4.69) is 21.7 Å². The summed E-state index contributed by atoms with van der Waals surface area (Å²) in [4.78, 5) is 4.46. The Balaban J connectivity index is 1.86. The third kappa shape index (κ3) is 3.74. The van der Waals surface area contributed by atoms with Crippen molar-refractivity contribution in [2.75, 3.05) is 7.11 Å². The zero-order valence-corrected chi connectivity index (χ0v) is 15.1. The van der Waals surface area contributed by atoms with Crippen LogP contribution in [0.3, 0.4) is 0 Å².